The number of carbonyl (C=O) groups excluding carboxylic acids is 1. The molecule has 7 heteroatoms. The van der Waals surface area contributed by atoms with Crippen molar-refractivity contribution in [1.82, 2.24) is 14.3 Å². The van der Waals surface area contributed by atoms with Crippen LogP contribution in [0.1, 0.15) is 47.1 Å². The van der Waals surface area contributed by atoms with Gasteiger partial charge in [0.15, 0.2) is 11.7 Å². The van der Waals surface area contributed by atoms with Crippen LogP contribution in [0.15, 0.2) is 41.6 Å². The van der Waals surface area contributed by atoms with E-state index in [1.165, 1.54) is 12.3 Å². The number of carboxylic acids is 1. The lowest BCUT2D eigenvalue weighted by Crippen LogP contribution is -2.42. The van der Waals surface area contributed by atoms with Crippen molar-refractivity contribution in [3.63, 3.8) is 0 Å². The number of pyridine rings is 1. The van der Waals surface area contributed by atoms with Crippen molar-refractivity contribution in [2.75, 3.05) is 0 Å². The maximum Gasteiger partial charge on any atom is 0.341 e. The lowest BCUT2D eigenvalue weighted by atomic mass is 9.76. The Morgan fingerprint density at radius 3 is 2.53 bits per heavy atom. The van der Waals surface area contributed by atoms with Gasteiger partial charge >= 0.3 is 5.97 Å². The number of nitrogens with zero attached hydrogens (tertiary/aromatic N) is 3. The van der Waals surface area contributed by atoms with Gasteiger partial charge in [0.05, 0.1) is 11.9 Å². The molecule has 0 fully saturated rings. The molecular weight excluding hydrogens is 382 g/mol. The quantitative estimate of drug-likeness (QED) is 0.672. The fourth-order valence-electron chi connectivity index (χ4n) is 4.23. The Labute approximate surface area is 173 Å². The topological polar surface area (TPSA) is 94.2 Å². The largest absolute Gasteiger partial charge is 0.477 e. The van der Waals surface area contributed by atoms with Crippen LogP contribution in [0.4, 0.5) is 0 Å². The van der Waals surface area contributed by atoms with Crippen LogP contribution in [-0.2, 0) is 19.0 Å². The monoisotopic (exact) mass is 405 g/mol. The summed E-state index contributed by atoms with van der Waals surface area (Å²) in [7, 11) is 1.82. The Balaban J connectivity index is 2.04. The van der Waals surface area contributed by atoms with Gasteiger partial charge in [-0.15, -0.1) is 0 Å². The molecule has 0 amide bonds. The van der Waals surface area contributed by atoms with Gasteiger partial charge < -0.3 is 9.67 Å². The molecular formula is C23H23N3O4. The summed E-state index contributed by atoms with van der Waals surface area (Å²) in [5.74, 6) is -1.08. The molecule has 0 radical (unpaired) electrons. The zero-order chi connectivity index (χ0) is 21.8. The average molecular weight is 405 g/mol. The van der Waals surface area contributed by atoms with E-state index in [1.807, 2.05) is 23.9 Å². The van der Waals surface area contributed by atoms with E-state index in [0.29, 0.717) is 17.7 Å². The van der Waals surface area contributed by atoms with Crippen molar-refractivity contribution in [3.05, 3.63) is 63.7 Å². The average Bonchev–Trinajstić information content (AvgIpc) is 3.12. The van der Waals surface area contributed by atoms with Gasteiger partial charge in [0, 0.05) is 47.7 Å². The van der Waals surface area contributed by atoms with Crippen LogP contribution in [-0.4, -0.2) is 31.7 Å². The number of fused-ring (bicyclic) bond motifs is 3. The Morgan fingerprint density at radius 2 is 1.97 bits per heavy atom. The van der Waals surface area contributed by atoms with Gasteiger partial charge in [0.2, 0.25) is 0 Å². The highest BCUT2D eigenvalue weighted by atomic mass is 16.4. The van der Waals surface area contributed by atoms with Crippen LogP contribution in [0.5, 0.6) is 0 Å². The van der Waals surface area contributed by atoms with Gasteiger partial charge in [0.1, 0.15) is 5.56 Å². The van der Waals surface area contributed by atoms with Gasteiger partial charge in [-0.05, 0) is 42.5 Å². The van der Waals surface area contributed by atoms with Crippen molar-refractivity contribution in [2.45, 2.75) is 32.7 Å². The van der Waals surface area contributed by atoms with Crippen molar-refractivity contribution < 1.29 is 14.7 Å². The zero-order valence-electron chi connectivity index (χ0n) is 17.3. The third-order valence-electron chi connectivity index (χ3n) is 6.32. The number of aldehydes is 1. The molecule has 0 aliphatic carbocycles. The number of aromatic carboxylic acids is 1. The Morgan fingerprint density at radius 1 is 1.23 bits per heavy atom. The minimum atomic E-state index is -1.24. The Kier molecular flexibility index (Phi) is 4.49. The van der Waals surface area contributed by atoms with E-state index in [1.54, 1.807) is 16.9 Å². The highest BCUT2D eigenvalue weighted by Crippen LogP contribution is 2.43. The lowest BCUT2D eigenvalue weighted by molar-refractivity contribution is 0.0693. The van der Waals surface area contributed by atoms with Crippen LogP contribution in [0.2, 0.25) is 0 Å². The molecule has 0 saturated carbocycles. The smallest absolute Gasteiger partial charge is 0.341 e. The molecule has 4 rings (SSSR count). The van der Waals surface area contributed by atoms with Crippen molar-refractivity contribution in [3.8, 4) is 22.4 Å². The predicted molar refractivity (Wildman–Crippen MR) is 113 cm³/mol. The summed E-state index contributed by atoms with van der Waals surface area (Å²) >= 11 is 0. The van der Waals surface area contributed by atoms with Crippen molar-refractivity contribution in [1.29, 1.82) is 0 Å². The van der Waals surface area contributed by atoms with E-state index < -0.39 is 16.9 Å². The summed E-state index contributed by atoms with van der Waals surface area (Å²) in [6.07, 6.45) is 6.46. The van der Waals surface area contributed by atoms with Gasteiger partial charge in [-0.2, -0.15) is 5.10 Å². The van der Waals surface area contributed by atoms with Crippen LogP contribution < -0.4 is 5.43 Å². The van der Waals surface area contributed by atoms with E-state index in [2.05, 4.69) is 25.9 Å². The van der Waals surface area contributed by atoms with Crippen LogP contribution in [0.3, 0.4) is 0 Å². The van der Waals surface area contributed by atoms with Crippen LogP contribution >= 0.6 is 0 Å². The van der Waals surface area contributed by atoms with Crippen molar-refractivity contribution in [2.24, 2.45) is 13.0 Å². The highest BCUT2D eigenvalue weighted by Gasteiger charge is 2.38. The second kappa shape index (κ2) is 6.79. The second-order valence-corrected chi connectivity index (χ2v) is 8.42. The zero-order valence-corrected chi connectivity index (χ0v) is 17.3. The number of hydrogen-bond donors (Lipinski definition) is 1. The number of rotatable bonds is 4. The normalized spacial score (nSPS) is 17.5. The number of aryl methyl sites for hydroxylation is 1. The summed E-state index contributed by atoms with van der Waals surface area (Å²) in [5, 5.41) is 13.7. The molecule has 7 nitrogen and oxygen atoms in total. The maximum atomic E-state index is 12.5. The number of aromatic nitrogens is 3. The molecule has 154 valence electrons. The molecule has 1 N–H and O–H groups in total. The molecule has 0 saturated heterocycles. The minimum Gasteiger partial charge on any atom is -0.477 e. The third kappa shape index (κ3) is 2.89. The fraction of sp³-hybridized carbons (Fsp3) is 0.304. The number of carbonyl (C=O) groups is 2. The van der Waals surface area contributed by atoms with Crippen LogP contribution in [0, 0.1) is 5.92 Å². The fourth-order valence-corrected chi connectivity index (χ4v) is 4.23. The molecule has 0 bridgehead atoms. The number of hydrogen-bond acceptors (Lipinski definition) is 4. The molecule has 30 heavy (non-hydrogen) atoms. The number of carboxylic acid groups (broad SMARTS) is 1. The summed E-state index contributed by atoms with van der Waals surface area (Å²) < 4.78 is 3.58. The van der Waals surface area contributed by atoms with E-state index >= 15 is 0 Å². The van der Waals surface area contributed by atoms with E-state index in [-0.39, 0.29) is 11.5 Å². The minimum absolute atomic E-state index is 0.168. The van der Waals surface area contributed by atoms with Gasteiger partial charge in [-0.25, -0.2) is 4.79 Å². The van der Waals surface area contributed by atoms with Crippen LogP contribution in [0.25, 0.3) is 22.4 Å². The summed E-state index contributed by atoms with van der Waals surface area (Å²) in [6.45, 7) is 6.22. The Hall–Kier alpha value is -3.48. The van der Waals surface area contributed by atoms with E-state index in [0.717, 1.165) is 28.5 Å². The molecule has 1 atom stereocenters. The second-order valence-electron chi connectivity index (χ2n) is 8.42. The standard InChI is InChI=1S/C23H23N3O4/c1-13(2)23(3)8-14-5-17(16-9-24-25(4)10-16)15(12-27)6-18(14)20-7-21(28)19(22(29)30)11-26(20)23/h5-7,9-13H,8H2,1-4H3,(H,29,30). The first kappa shape index (κ1) is 19.8. The molecule has 3 heterocycles. The van der Waals surface area contributed by atoms with Crippen molar-refractivity contribution >= 4 is 12.3 Å². The van der Waals surface area contributed by atoms with Gasteiger partial charge in [-0.1, -0.05) is 13.8 Å². The molecule has 1 aliphatic rings. The first-order chi connectivity index (χ1) is 14.2. The first-order valence-electron chi connectivity index (χ1n) is 9.77. The SMILES string of the molecule is CC(C)C1(C)Cc2cc(-c3cnn(C)c3)c(C=O)cc2-c2cc(=O)c(C(=O)O)cn21. The maximum absolute atomic E-state index is 12.5. The predicted octanol–water partition coefficient (Wildman–Crippen LogP) is 3.35. The van der Waals surface area contributed by atoms with E-state index in [9.17, 15) is 19.5 Å². The number of benzene rings is 1. The lowest BCUT2D eigenvalue weighted by Gasteiger charge is -2.43. The highest BCUT2D eigenvalue weighted by molar-refractivity contribution is 5.92. The summed E-state index contributed by atoms with van der Waals surface area (Å²) in [5.41, 5.74) is 3.32. The Bertz CT molecular complexity index is 1250. The first-order valence-corrected chi connectivity index (χ1v) is 9.77. The molecule has 0 spiro atoms. The summed E-state index contributed by atoms with van der Waals surface area (Å²) in [6, 6.07) is 5.16. The van der Waals surface area contributed by atoms with Gasteiger partial charge in [-0.3, -0.25) is 14.3 Å². The van der Waals surface area contributed by atoms with E-state index in [4.69, 9.17) is 0 Å². The molecule has 1 unspecified atom stereocenters. The summed E-state index contributed by atoms with van der Waals surface area (Å²) in [4.78, 5) is 35.9. The molecule has 3 aromatic rings. The molecule has 2 aromatic heterocycles. The van der Waals surface area contributed by atoms with Gasteiger partial charge in [0.25, 0.3) is 0 Å². The molecule has 1 aromatic carbocycles. The third-order valence-corrected chi connectivity index (χ3v) is 6.32. The molecule has 1 aliphatic heterocycles.